The van der Waals surface area contributed by atoms with Gasteiger partial charge in [0.05, 0.1) is 20.8 Å². The molecule has 1 atom stereocenters. The maximum atomic E-state index is 12.9. The molecule has 1 aliphatic rings. The van der Waals surface area contributed by atoms with Gasteiger partial charge in [-0.25, -0.2) is 0 Å². The van der Waals surface area contributed by atoms with Crippen molar-refractivity contribution in [3.05, 3.63) is 53.9 Å². The number of hydrogen-bond donors (Lipinski definition) is 1. The highest BCUT2D eigenvalue weighted by molar-refractivity contribution is 5.78. The van der Waals surface area contributed by atoms with Gasteiger partial charge < -0.3 is 19.7 Å². The summed E-state index contributed by atoms with van der Waals surface area (Å²) in [6.07, 6.45) is 3.65. The lowest BCUT2D eigenvalue weighted by atomic mass is 10.1. The first-order chi connectivity index (χ1) is 13.6. The second-order valence-electron chi connectivity index (χ2n) is 6.92. The standard InChI is InChI=1S/C21H28N4O3/c1-24(14-16-6-7-19(27-2)20(11-16)28-3)21(26)15-25-10-9-23-13-18(25)17-5-4-8-22-12-17/h4-8,11-12,18,23H,9-10,13-15H2,1-3H3. The Bertz CT molecular complexity index is 784. The Kier molecular flexibility index (Phi) is 6.84. The first-order valence-corrected chi connectivity index (χ1v) is 9.42. The van der Waals surface area contributed by atoms with E-state index in [-0.39, 0.29) is 11.9 Å². The highest BCUT2D eigenvalue weighted by Crippen LogP contribution is 2.28. The first-order valence-electron chi connectivity index (χ1n) is 9.42. The molecule has 0 spiro atoms. The fourth-order valence-electron chi connectivity index (χ4n) is 3.47. The molecule has 7 heteroatoms. The van der Waals surface area contributed by atoms with Crippen LogP contribution in [0.1, 0.15) is 17.2 Å². The van der Waals surface area contributed by atoms with Crippen LogP contribution in [0, 0.1) is 0 Å². The number of piperazine rings is 1. The second-order valence-corrected chi connectivity index (χ2v) is 6.92. The van der Waals surface area contributed by atoms with Crippen molar-refractivity contribution in [1.82, 2.24) is 20.1 Å². The molecule has 0 aliphatic carbocycles. The Hall–Kier alpha value is -2.64. The van der Waals surface area contributed by atoms with Crippen molar-refractivity contribution in [2.24, 2.45) is 0 Å². The van der Waals surface area contributed by atoms with Crippen LogP contribution in [-0.4, -0.2) is 68.1 Å². The van der Waals surface area contributed by atoms with Crippen LogP contribution in [-0.2, 0) is 11.3 Å². The molecule has 1 unspecified atom stereocenters. The number of ether oxygens (including phenoxy) is 2. The van der Waals surface area contributed by atoms with Crippen LogP contribution in [0.5, 0.6) is 11.5 Å². The van der Waals surface area contributed by atoms with E-state index in [0.29, 0.717) is 24.6 Å². The van der Waals surface area contributed by atoms with Gasteiger partial charge in [-0.3, -0.25) is 14.7 Å². The van der Waals surface area contributed by atoms with Crippen molar-refractivity contribution in [1.29, 1.82) is 0 Å². The molecule has 1 aromatic heterocycles. The quantitative estimate of drug-likeness (QED) is 0.784. The lowest BCUT2D eigenvalue weighted by Gasteiger charge is -2.36. The van der Waals surface area contributed by atoms with E-state index in [9.17, 15) is 4.79 Å². The molecule has 28 heavy (non-hydrogen) atoms. The predicted octanol–water partition coefficient (Wildman–Crippen LogP) is 1.70. The molecular weight excluding hydrogens is 356 g/mol. The lowest BCUT2D eigenvalue weighted by Crippen LogP contribution is -2.49. The van der Waals surface area contributed by atoms with E-state index < -0.39 is 0 Å². The molecule has 150 valence electrons. The van der Waals surface area contributed by atoms with Gasteiger partial charge in [0.2, 0.25) is 5.91 Å². The number of carbonyl (C=O) groups excluding carboxylic acids is 1. The molecule has 7 nitrogen and oxygen atoms in total. The molecular formula is C21H28N4O3. The maximum Gasteiger partial charge on any atom is 0.236 e. The van der Waals surface area contributed by atoms with E-state index in [1.54, 1.807) is 25.3 Å². The van der Waals surface area contributed by atoms with Crippen molar-refractivity contribution in [2.75, 3.05) is 47.4 Å². The summed E-state index contributed by atoms with van der Waals surface area (Å²) in [6, 6.07) is 9.88. The minimum Gasteiger partial charge on any atom is -0.493 e. The molecule has 1 aromatic carbocycles. The summed E-state index contributed by atoms with van der Waals surface area (Å²) in [5.41, 5.74) is 2.13. The van der Waals surface area contributed by atoms with E-state index in [1.807, 2.05) is 37.5 Å². The molecule has 1 saturated heterocycles. The summed E-state index contributed by atoms with van der Waals surface area (Å²) >= 11 is 0. The lowest BCUT2D eigenvalue weighted by molar-refractivity contribution is -0.132. The molecule has 3 rings (SSSR count). The normalized spacial score (nSPS) is 17.2. The summed E-state index contributed by atoms with van der Waals surface area (Å²) in [4.78, 5) is 21.1. The molecule has 0 saturated carbocycles. The summed E-state index contributed by atoms with van der Waals surface area (Å²) in [5.74, 6) is 1.44. The van der Waals surface area contributed by atoms with Gasteiger partial charge in [0.1, 0.15) is 0 Å². The SMILES string of the molecule is COc1ccc(CN(C)C(=O)CN2CCNCC2c2cccnc2)cc1OC. The number of amides is 1. The Morgan fingerprint density at radius 3 is 2.82 bits per heavy atom. The van der Waals surface area contributed by atoms with Crippen molar-refractivity contribution < 1.29 is 14.3 Å². The minimum absolute atomic E-state index is 0.0885. The van der Waals surface area contributed by atoms with E-state index in [0.717, 1.165) is 30.8 Å². The van der Waals surface area contributed by atoms with Gasteiger partial charge >= 0.3 is 0 Å². The zero-order chi connectivity index (χ0) is 19.9. The van der Waals surface area contributed by atoms with Crippen LogP contribution in [0.2, 0.25) is 0 Å². The third-order valence-electron chi connectivity index (χ3n) is 5.06. The van der Waals surface area contributed by atoms with E-state index >= 15 is 0 Å². The molecule has 1 N–H and O–H groups in total. The fraction of sp³-hybridized carbons (Fsp3) is 0.429. The van der Waals surface area contributed by atoms with Crippen LogP contribution in [0.4, 0.5) is 0 Å². The van der Waals surface area contributed by atoms with Gasteiger partial charge in [-0.2, -0.15) is 0 Å². The monoisotopic (exact) mass is 384 g/mol. The van der Waals surface area contributed by atoms with E-state index in [1.165, 1.54) is 0 Å². The average molecular weight is 384 g/mol. The summed E-state index contributed by atoms with van der Waals surface area (Å²) in [7, 11) is 5.05. The van der Waals surface area contributed by atoms with Gasteiger partial charge in [-0.15, -0.1) is 0 Å². The number of aromatic nitrogens is 1. The number of rotatable bonds is 7. The average Bonchev–Trinajstić information content (AvgIpc) is 2.74. The van der Waals surface area contributed by atoms with Crippen molar-refractivity contribution in [2.45, 2.75) is 12.6 Å². The van der Waals surface area contributed by atoms with Gasteiger partial charge in [-0.1, -0.05) is 12.1 Å². The molecule has 1 amide bonds. The van der Waals surface area contributed by atoms with Crippen molar-refractivity contribution in [3.8, 4) is 11.5 Å². The summed E-state index contributed by atoms with van der Waals surface area (Å²) < 4.78 is 10.6. The van der Waals surface area contributed by atoms with Crippen LogP contribution >= 0.6 is 0 Å². The van der Waals surface area contributed by atoms with Gasteiger partial charge in [0.25, 0.3) is 0 Å². The number of benzene rings is 1. The maximum absolute atomic E-state index is 12.9. The summed E-state index contributed by atoms with van der Waals surface area (Å²) in [6.45, 7) is 3.42. The van der Waals surface area contributed by atoms with Gasteiger partial charge in [-0.05, 0) is 29.3 Å². The van der Waals surface area contributed by atoms with Crippen LogP contribution in [0.25, 0.3) is 0 Å². The number of nitrogens with zero attached hydrogens (tertiary/aromatic N) is 3. The molecule has 2 heterocycles. The number of methoxy groups -OCH3 is 2. The first kappa shape index (κ1) is 20.1. The minimum atomic E-state index is 0.0885. The van der Waals surface area contributed by atoms with Crippen LogP contribution < -0.4 is 14.8 Å². The van der Waals surface area contributed by atoms with E-state index in [4.69, 9.17) is 9.47 Å². The van der Waals surface area contributed by atoms with Crippen molar-refractivity contribution in [3.63, 3.8) is 0 Å². The highest BCUT2D eigenvalue weighted by Gasteiger charge is 2.26. The zero-order valence-electron chi connectivity index (χ0n) is 16.7. The third-order valence-corrected chi connectivity index (χ3v) is 5.06. The zero-order valence-corrected chi connectivity index (χ0v) is 16.7. The second kappa shape index (κ2) is 9.52. The molecule has 1 fully saturated rings. The Morgan fingerprint density at radius 1 is 1.29 bits per heavy atom. The molecule has 0 radical (unpaired) electrons. The third kappa shape index (κ3) is 4.79. The highest BCUT2D eigenvalue weighted by atomic mass is 16.5. The molecule has 2 aromatic rings. The Morgan fingerprint density at radius 2 is 2.11 bits per heavy atom. The topological polar surface area (TPSA) is 66.9 Å². The van der Waals surface area contributed by atoms with Gasteiger partial charge in [0.15, 0.2) is 11.5 Å². The van der Waals surface area contributed by atoms with E-state index in [2.05, 4.69) is 21.3 Å². The Labute approximate surface area is 166 Å². The van der Waals surface area contributed by atoms with Gasteiger partial charge in [0, 0.05) is 51.7 Å². The smallest absolute Gasteiger partial charge is 0.236 e. The number of nitrogens with one attached hydrogen (secondary N) is 1. The molecule has 0 bridgehead atoms. The molecule has 1 aliphatic heterocycles. The Balaban J connectivity index is 1.64. The number of hydrogen-bond acceptors (Lipinski definition) is 6. The predicted molar refractivity (Wildman–Crippen MR) is 107 cm³/mol. The number of pyridine rings is 1. The van der Waals surface area contributed by atoms with Crippen LogP contribution in [0.15, 0.2) is 42.7 Å². The van der Waals surface area contributed by atoms with Crippen LogP contribution in [0.3, 0.4) is 0 Å². The number of carbonyl (C=O) groups is 1. The fourth-order valence-corrected chi connectivity index (χ4v) is 3.47. The summed E-state index contributed by atoms with van der Waals surface area (Å²) in [5, 5.41) is 3.41. The largest absolute Gasteiger partial charge is 0.493 e. The number of likely N-dealkylation sites (N-methyl/N-ethyl adjacent to an activating group) is 1. The van der Waals surface area contributed by atoms with Crippen molar-refractivity contribution >= 4 is 5.91 Å².